The van der Waals surface area contributed by atoms with Gasteiger partial charge in [-0.25, -0.2) is 4.68 Å². The molecule has 4 rings (SSSR count). The van der Waals surface area contributed by atoms with Crippen LogP contribution >= 0.6 is 11.6 Å². The highest BCUT2D eigenvalue weighted by Crippen LogP contribution is 2.18. The number of carbonyl (C=O) groups is 2. The fraction of sp³-hybridized carbons (Fsp3) is 0.273. The molecule has 32 heavy (non-hydrogen) atoms. The van der Waals surface area contributed by atoms with Crippen molar-refractivity contribution in [3.63, 3.8) is 0 Å². The summed E-state index contributed by atoms with van der Waals surface area (Å²) in [6, 6.07) is 14.1. The predicted molar refractivity (Wildman–Crippen MR) is 121 cm³/mol. The van der Waals surface area contributed by atoms with E-state index in [9.17, 15) is 9.59 Å². The van der Waals surface area contributed by atoms with E-state index in [1.54, 1.807) is 54.1 Å². The molecule has 2 amide bonds. The van der Waals surface area contributed by atoms with E-state index in [1.807, 2.05) is 11.0 Å². The Morgan fingerprint density at radius 1 is 1.06 bits per heavy atom. The number of nitrogens with zero attached hydrogens (tertiary/aromatic N) is 4. The maximum absolute atomic E-state index is 12.7. The fourth-order valence-electron chi connectivity index (χ4n) is 3.38. The van der Waals surface area contributed by atoms with Crippen LogP contribution in [0.4, 0.5) is 11.4 Å². The molecule has 2 N–H and O–H groups in total. The number of benzene rings is 2. The van der Waals surface area contributed by atoms with Gasteiger partial charge in [-0.05, 0) is 49.4 Å². The summed E-state index contributed by atoms with van der Waals surface area (Å²) in [7, 11) is 0. The molecule has 1 saturated heterocycles. The first-order valence-corrected chi connectivity index (χ1v) is 10.6. The number of hydrogen-bond acceptors (Lipinski definition) is 6. The van der Waals surface area contributed by atoms with E-state index in [0.29, 0.717) is 41.8 Å². The second-order valence-corrected chi connectivity index (χ2v) is 7.82. The van der Waals surface area contributed by atoms with Crippen LogP contribution in [0.3, 0.4) is 0 Å². The van der Waals surface area contributed by atoms with E-state index in [1.165, 1.54) is 0 Å². The van der Waals surface area contributed by atoms with Crippen LogP contribution in [0.25, 0.3) is 5.69 Å². The van der Waals surface area contributed by atoms with Crippen LogP contribution in [0, 0.1) is 6.92 Å². The molecule has 9 nitrogen and oxygen atoms in total. The molecule has 2 aromatic carbocycles. The predicted octanol–water partition coefficient (Wildman–Crippen LogP) is 2.75. The molecule has 2 heterocycles. The van der Waals surface area contributed by atoms with Gasteiger partial charge in [-0.3, -0.25) is 14.5 Å². The number of aromatic nitrogens is 3. The van der Waals surface area contributed by atoms with Gasteiger partial charge in [-0.15, -0.1) is 5.10 Å². The molecular weight excluding hydrogens is 432 g/mol. The zero-order chi connectivity index (χ0) is 22.5. The molecule has 0 unspecified atom stereocenters. The first-order chi connectivity index (χ1) is 15.5. The molecule has 0 atom stereocenters. The van der Waals surface area contributed by atoms with Crippen molar-refractivity contribution in [2.45, 2.75) is 6.92 Å². The first-order valence-electron chi connectivity index (χ1n) is 10.2. The summed E-state index contributed by atoms with van der Waals surface area (Å²) < 4.78 is 6.85. The van der Waals surface area contributed by atoms with E-state index >= 15 is 0 Å². The molecular formula is C22H23ClN6O3. The molecule has 1 aliphatic heterocycles. The van der Waals surface area contributed by atoms with Crippen molar-refractivity contribution in [1.29, 1.82) is 0 Å². The summed E-state index contributed by atoms with van der Waals surface area (Å²) in [6.07, 6.45) is 0. The molecule has 10 heteroatoms. The van der Waals surface area contributed by atoms with Crippen molar-refractivity contribution in [2.24, 2.45) is 0 Å². The fourth-order valence-corrected chi connectivity index (χ4v) is 3.57. The molecule has 0 spiro atoms. The molecule has 1 fully saturated rings. The zero-order valence-electron chi connectivity index (χ0n) is 17.5. The van der Waals surface area contributed by atoms with Crippen LogP contribution in [-0.2, 0) is 9.53 Å². The molecule has 3 aromatic rings. The number of rotatable bonds is 6. The summed E-state index contributed by atoms with van der Waals surface area (Å²) in [4.78, 5) is 27.0. The minimum absolute atomic E-state index is 0.0862. The molecule has 166 valence electrons. The molecule has 1 aromatic heterocycles. The molecule has 1 aliphatic rings. The van der Waals surface area contributed by atoms with Crippen LogP contribution in [-0.4, -0.2) is 64.6 Å². The maximum atomic E-state index is 12.7. The lowest BCUT2D eigenvalue weighted by Gasteiger charge is -2.25. The highest BCUT2D eigenvalue weighted by atomic mass is 35.5. The van der Waals surface area contributed by atoms with Crippen molar-refractivity contribution < 1.29 is 14.3 Å². The van der Waals surface area contributed by atoms with Crippen LogP contribution in [0.5, 0.6) is 0 Å². The lowest BCUT2D eigenvalue weighted by Crippen LogP contribution is -2.41. The van der Waals surface area contributed by atoms with Crippen molar-refractivity contribution in [2.75, 3.05) is 43.5 Å². The first kappa shape index (κ1) is 21.9. The summed E-state index contributed by atoms with van der Waals surface area (Å²) in [5.41, 5.74) is 2.77. The van der Waals surface area contributed by atoms with Crippen LogP contribution in [0.1, 0.15) is 16.2 Å². The van der Waals surface area contributed by atoms with E-state index in [2.05, 4.69) is 20.9 Å². The Morgan fingerprint density at radius 3 is 2.44 bits per heavy atom. The second kappa shape index (κ2) is 9.90. The number of amides is 2. The number of nitrogens with one attached hydrogen (secondary N) is 2. The van der Waals surface area contributed by atoms with Crippen molar-refractivity contribution in [3.05, 3.63) is 64.9 Å². The Balaban J connectivity index is 1.36. The molecule has 0 radical (unpaired) electrons. The average molecular weight is 455 g/mol. The Bertz CT molecular complexity index is 1110. The van der Waals surface area contributed by atoms with Crippen molar-refractivity contribution in [1.82, 2.24) is 19.9 Å². The van der Waals surface area contributed by atoms with Crippen LogP contribution in [0.2, 0.25) is 5.02 Å². The molecule has 0 aliphatic carbocycles. The number of ether oxygens (including phenoxy) is 1. The minimum atomic E-state index is -0.375. The number of halogens is 1. The Labute approximate surface area is 190 Å². The van der Waals surface area contributed by atoms with E-state index < -0.39 is 0 Å². The quantitative estimate of drug-likeness (QED) is 0.594. The van der Waals surface area contributed by atoms with Gasteiger partial charge in [0.2, 0.25) is 5.91 Å². The molecule has 0 saturated carbocycles. The van der Waals surface area contributed by atoms with Crippen molar-refractivity contribution >= 4 is 34.8 Å². The van der Waals surface area contributed by atoms with Gasteiger partial charge in [-0.1, -0.05) is 22.9 Å². The largest absolute Gasteiger partial charge is 0.379 e. The number of carbonyl (C=O) groups excluding carboxylic acids is 2. The van der Waals surface area contributed by atoms with Gasteiger partial charge >= 0.3 is 0 Å². The standard InChI is InChI=1S/C22H23ClN6O3/c1-15-21(26-27-29(15)19-4-2-3-16(23)13-19)22(31)25-18-7-5-17(6-8-18)24-20(30)14-28-9-11-32-12-10-28/h2-8,13H,9-12,14H2,1H3,(H,24,30)(H,25,31). The number of hydrogen-bond donors (Lipinski definition) is 2. The Kier molecular flexibility index (Phi) is 6.79. The van der Waals surface area contributed by atoms with Gasteiger partial charge in [0.25, 0.3) is 5.91 Å². The maximum Gasteiger partial charge on any atom is 0.278 e. The summed E-state index contributed by atoms with van der Waals surface area (Å²) in [6.45, 7) is 4.88. The average Bonchev–Trinajstić information content (AvgIpc) is 3.17. The normalized spacial score (nSPS) is 14.2. The van der Waals surface area contributed by atoms with Gasteiger partial charge in [-0.2, -0.15) is 0 Å². The van der Waals surface area contributed by atoms with Crippen LogP contribution < -0.4 is 10.6 Å². The lowest BCUT2D eigenvalue weighted by molar-refractivity contribution is -0.118. The van der Waals surface area contributed by atoms with E-state index in [4.69, 9.17) is 16.3 Å². The third-order valence-electron chi connectivity index (χ3n) is 5.06. The topological polar surface area (TPSA) is 101 Å². The van der Waals surface area contributed by atoms with E-state index in [0.717, 1.165) is 18.8 Å². The number of anilines is 2. The van der Waals surface area contributed by atoms with Gasteiger partial charge < -0.3 is 15.4 Å². The SMILES string of the molecule is Cc1c(C(=O)Nc2ccc(NC(=O)CN3CCOCC3)cc2)nnn1-c1cccc(Cl)c1. The lowest BCUT2D eigenvalue weighted by atomic mass is 10.2. The highest BCUT2D eigenvalue weighted by Gasteiger charge is 2.18. The van der Waals surface area contributed by atoms with Gasteiger partial charge in [0.05, 0.1) is 31.1 Å². The third-order valence-corrected chi connectivity index (χ3v) is 5.29. The highest BCUT2D eigenvalue weighted by molar-refractivity contribution is 6.30. The van der Waals surface area contributed by atoms with Crippen molar-refractivity contribution in [3.8, 4) is 5.69 Å². The van der Waals surface area contributed by atoms with Crippen LogP contribution in [0.15, 0.2) is 48.5 Å². The van der Waals surface area contributed by atoms with Gasteiger partial charge in [0.15, 0.2) is 5.69 Å². The van der Waals surface area contributed by atoms with E-state index in [-0.39, 0.29) is 17.5 Å². The van der Waals surface area contributed by atoms with Gasteiger partial charge in [0.1, 0.15) is 0 Å². The monoisotopic (exact) mass is 454 g/mol. The summed E-state index contributed by atoms with van der Waals surface area (Å²) in [5.74, 6) is -0.461. The van der Waals surface area contributed by atoms with Gasteiger partial charge in [0, 0.05) is 29.5 Å². The number of morpholine rings is 1. The summed E-state index contributed by atoms with van der Waals surface area (Å²) >= 11 is 6.04. The Hall–Kier alpha value is -3.27. The Morgan fingerprint density at radius 2 is 1.75 bits per heavy atom. The smallest absolute Gasteiger partial charge is 0.278 e. The third kappa shape index (κ3) is 5.31. The summed E-state index contributed by atoms with van der Waals surface area (Å²) in [5, 5.41) is 14.3. The zero-order valence-corrected chi connectivity index (χ0v) is 18.3. The second-order valence-electron chi connectivity index (χ2n) is 7.38. The minimum Gasteiger partial charge on any atom is -0.379 e. The molecule has 0 bridgehead atoms.